The fourth-order valence-corrected chi connectivity index (χ4v) is 1.76. The normalized spacial score (nSPS) is 15.6. The standard InChI is InChI=1S/C11H15N3O/c1-7-5-9(12)10(6-8(7)2)14-4-3-13-11(14)15/h5-6H,3-4,12H2,1-2H3,(H,13,15). The number of nitrogens with zero attached hydrogens (tertiary/aromatic N) is 1. The van der Waals surface area contributed by atoms with E-state index in [2.05, 4.69) is 5.32 Å². The van der Waals surface area contributed by atoms with Gasteiger partial charge in [-0.1, -0.05) is 0 Å². The Labute approximate surface area is 89.1 Å². The monoisotopic (exact) mass is 205 g/mol. The molecule has 1 saturated heterocycles. The van der Waals surface area contributed by atoms with Crippen LogP contribution in [0.5, 0.6) is 0 Å². The Balaban J connectivity index is 2.43. The third-order valence-corrected chi connectivity index (χ3v) is 2.79. The number of nitrogens with two attached hydrogens (primary N) is 1. The molecule has 1 aliphatic rings. The van der Waals surface area contributed by atoms with Gasteiger partial charge in [0.1, 0.15) is 0 Å². The number of nitrogen functional groups attached to an aromatic ring is 1. The second-order valence-corrected chi connectivity index (χ2v) is 3.88. The average Bonchev–Trinajstić information content (AvgIpc) is 2.58. The second-order valence-electron chi connectivity index (χ2n) is 3.88. The molecule has 2 amide bonds. The summed E-state index contributed by atoms with van der Waals surface area (Å²) in [7, 11) is 0. The van der Waals surface area contributed by atoms with E-state index in [1.54, 1.807) is 4.90 Å². The number of nitrogens with one attached hydrogen (secondary N) is 1. The number of hydrogen-bond acceptors (Lipinski definition) is 2. The number of urea groups is 1. The van der Waals surface area contributed by atoms with Gasteiger partial charge in [-0.3, -0.25) is 4.90 Å². The lowest BCUT2D eigenvalue weighted by Crippen LogP contribution is -2.28. The van der Waals surface area contributed by atoms with E-state index in [9.17, 15) is 4.79 Å². The molecule has 0 saturated carbocycles. The van der Waals surface area contributed by atoms with Crippen LogP contribution in [-0.2, 0) is 0 Å². The first-order valence-electron chi connectivity index (χ1n) is 5.01. The molecule has 1 aromatic rings. The lowest BCUT2D eigenvalue weighted by Gasteiger charge is -2.18. The topological polar surface area (TPSA) is 58.4 Å². The van der Waals surface area contributed by atoms with Gasteiger partial charge in [0.25, 0.3) is 0 Å². The summed E-state index contributed by atoms with van der Waals surface area (Å²) in [5.74, 6) is 0. The zero-order valence-electron chi connectivity index (χ0n) is 9.00. The van der Waals surface area contributed by atoms with Crippen molar-refractivity contribution in [3.63, 3.8) is 0 Å². The molecule has 1 heterocycles. The quantitative estimate of drug-likeness (QED) is 0.681. The highest BCUT2D eigenvalue weighted by atomic mass is 16.2. The van der Waals surface area contributed by atoms with Gasteiger partial charge < -0.3 is 11.1 Å². The van der Waals surface area contributed by atoms with Crippen LogP contribution in [0.25, 0.3) is 0 Å². The van der Waals surface area contributed by atoms with Crippen LogP contribution in [-0.4, -0.2) is 19.1 Å². The van der Waals surface area contributed by atoms with Gasteiger partial charge in [-0.15, -0.1) is 0 Å². The van der Waals surface area contributed by atoms with Crippen molar-refractivity contribution in [3.05, 3.63) is 23.3 Å². The van der Waals surface area contributed by atoms with Crippen LogP contribution in [0.2, 0.25) is 0 Å². The number of aryl methyl sites for hydroxylation is 2. The summed E-state index contributed by atoms with van der Waals surface area (Å²) in [5.41, 5.74) is 9.69. The Morgan fingerprint density at radius 3 is 2.60 bits per heavy atom. The van der Waals surface area contributed by atoms with Crippen molar-refractivity contribution in [3.8, 4) is 0 Å². The van der Waals surface area contributed by atoms with Crippen LogP contribution in [0.3, 0.4) is 0 Å². The van der Waals surface area contributed by atoms with Crippen molar-refractivity contribution in [2.75, 3.05) is 23.7 Å². The first-order chi connectivity index (χ1) is 7.09. The average molecular weight is 205 g/mol. The highest BCUT2D eigenvalue weighted by Crippen LogP contribution is 2.27. The van der Waals surface area contributed by atoms with Crippen LogP contribution < -0.4 is 16.0 Å². The first-order valence-corrected chi connectivity index (χ1v) is 5.01. The summed E-state index contributed by atoms with van der Waals surface area (Å²) in [6.07, 6.45) is 0. The van der Waals surface area contributed by atoms with Crippen molar-refractivity contribution >= 4 is 17.4 Å². The number of amides is 2. The summed E-state index contributed by atoms with van der Waals surface area (Å²) in [6.45, 7) is 5.41. The molecule has 0 radical (unpaired) electrons. The van der Waals surface area contributed by atoms with E-state index < -0.39 is 0 Å². The lowest BCUT2D eigenvalue weighted by atomic mass is 10.1. The molecular formula is C11H15N3O. The highest BCUT2D eigenvalue weighted by molar-refractivity contribution is 5.97. The molecule has 0 spiro atoms. The van der Waals surface area contributed by atoms with Gasteiger partial charge in [0.15, 0.2) is 0 Å². The second kappa shape index (κ2) is 3.46. The maximum absolute atomic E-state index is 11.5. The molecule has 0 bridgehead atoms. The molecular weight excluding hydrogens is 190 g/mol. The van der Waals surface area contributed by atoms with Crippen LogP contribution in [0.4, 0.5) is 16.2 Å². The molecule has 4 nitrogen and oxygen atoms in total. The summed E-state index contributed by atoms with van der Waals surface area (Å²) >= 11 is 0. The molecule has 4 heteroatoms. The van der Waals surface area contributed by atoms with E-state index in [0.717, 1.165) is 16.8 Å². The molecule has 1 aromatic carbocycles. The minimum absolute atomic E-state index is 0.0649. The Morgan fingerprint density at radius 1 is 1.33 bits per heavy atom. The van der Waals surface area contributed by atoms with Crippen LogP contribution in [0.15, 0.2) is 12.1 Å². The van der Waals surface area contributed by atoms with E-state index >= 15 is 0 Å². The first kappa shape index (κ1) is 9.83. The fraction of sp³-hybridized carbons (Fsp3) is 0.364. The Hall–Kier alpha value is -1.71. The van der Waals surface area contributed by atoms with Gasteiger partial charge in [0.2, 0.25) is 0 Å². The fourth-order valence-electron chi connectivity index (χ4n) is 1.76. The SMILES string of the molecule is Cc1cc(N)c(N2CCNC2=O)cc1C. The minimum atomic E-state index is -0.0649. The summed E-state index contributed by atoms with van der Waals surface area (Å²) < 4.78 is 0. The van der Waals surface area contributed by atoms with Crippen molar-refractivity contribution < 1.29 is 4.79 Å². The highest BCUT2D eigenvalue weighted by Gasteiger charge is 2.23. The number of benzene rings is 1. The zero-order chi connectivity index (χ0) is 11.0. The van der Waals surface area contributed by atoms with Crippen molar-refractivity contribution in [2.24, 2.45) is 0 Å². The molecule has 0 atom stereocenters. The number of anilines is 2. The van der Waals surface area contributed by atoms with Crippen LogP contribution in [0, 0.1) is 13.8 Å². The van der Waals surface area contributed by atoms with E-state index in [1.165, 1.54) is 0 Å². The third kappa shape index (κ3) is 1.63. The Bertz CT molecular complexity index is 415. The van der Waals surface area contributed by atoms with Crippen molar-refractivity contribution in [2.45, 2.75) is 13.8 Å². The summed E-state index contributed by atoms with van der Waals surface area (Å²) in [4.78, 5) is 13.2. The smallest absolute Gasteiger partial charge is 0.322 e. The predicted octanol–water partition coefficient (Wildman–Crippen LogP) is 1.42. The van der Waals surface area contributed by atoms with Crippen molar-refractivity contribution in [1.29, 1.82) is 0 Å². The maximum atomic E-state index is 11.5. The van der Waals surface area contributed by atoms with E-state index in [4.69, 9.17) is 5.73 Å². The molecule has 0 aromatic heterocycles. The zero-order valence-corrected chi connectivity index (χ0v) is 9.00. The minimum Gasteiger partial charge on any atom is -0.397 e. The molecule has 0 unspecified atom stereocenters. The lowest BCUT2D eigenvalue weighted by molar-refractivity contribution is 0.252. The van der Waals surface area contributed by atoms with E-state index in [-0.39, 0.29) is 6.03 Å². The van der Waals surface area contributed by atoms with E-state index in [1.807, 2.05) is 26.0 Å². The molecule has 0 aliphatic carbocycles. The van der Waals surface area contributed by atoms with Gasteiger partial charge in [-0.2, -0.15) is 0 Å². The third-order valence-electron chi connectivity index (χ3n) is 2.79. The number of carbonyl (C=O) groups excluding carboxylic acids is 1. The van der Waals surface area contributed by atoms with Crippen LogP contribution >= 0.6 is 0 Å². The molecule has 1 fully saturated rings. The summed E-state index contributed by atoms with van der Waals surface area (Å²) in [5, 5.41) is 2.76. The molecule has 2 rings (SSSR count). The van der Waals surface area contributed by atoms with Gasteiger partial charge in [0, 0.05) is 13.1 Å². The Kier molecular flexibility index (Phi) is 2.26. The number of hydrogen-bond donors (Lipinski definition) is 2. The summed E-state index contributed by atoms with van der Waals surface area (Å²) in [6, 6.07) is 3.82. The molecule has 80 valence electrons. The van der Waals surface area contributed by atoms with Crippen LogP contribution in [0.1, 0.15) is 11.1 Å². The largest absolute Gasteiger partial charge is 0.397 e. The molecule has 15 heavy (non-hydrogen) atoms. The van der Waals surface area contributed by atoms with Gasteiger partial charge >= 0.3 is 6.03 Å². The number of rotatable bonds is 1. The number of carbonyl (C=O) groups is 1. The van der Waals surface area contributed by atoms with Crippen molar-refractivity contribution in [1.82, 2.24) is 5.32 Å². The predicted molar refractivity (Wildman–Crippen MR) is 61.1 cm³/mol. The van der Waals surface area contributed by atoms with Gasteiger partial charge in [0.05, 0.1) is 11.4 Å². The van der Waals surface area contributed by atoms with E-state index in [0.29, 0.717) is 18.8 Å². The maximum Gasteiger partial charge on any atom is 0.322 e. The van der Waals surface area contributed by atoms with Gasteiger partial charge in [-0.05, 0) is 37.1 Å². The molecule has 3 N–H and O–H groups in total. The molecule has 1 aliphatic heterocycles. The Morgan fingerprint density at radius 2 is 2.00 bits per heavy atom. The van der Waals surface area contributed by atoms with Gasteiger partial charge in [-0.25, -0.2) is 4.79 Å².